The molecule has 2 N–H and O–H groups in total. The van der Waals surface area contributed by atoms with Crippen LogP contribution in [0.2, 0.25) is 5.02 Å². The predicted molar refractivity (Wildman–Crippen MR) is 115 cm³/mol. The van der Waals surface area contributed by atoms with Gasteiger partial charge in [0.25, 0.3) is 0 Å². The third-order valence-corrected chi connectivity index (χ3v) is 5.66. The van der Waals surface area contributed by atoms with Crippen LogP contribution in [0.25, 0.3) is 5.69 Å². The smallest absolute Gasteiger partial charge is 0.170 e. The fourth-order valence-electron chi connectivity index (χ4n) is 3.71. The molecular weight excluding hydrogens is 411 g/mol. The number of nitrogens with zero attached hydrogens (tertiary/aromatic N) is 3. The van der Waals surface area contributed by atoms with E-state index in [2.05, 4.69) is 15.2 Å². The number of rotatable bonds is 6. The number of aliphatic hydroxyl groups is 1. The maximum atomic E-state index is 13.7. The first-order valence-electron chi connectivity index (χ1n) is 9.31. The highest BCUT2D eigenvalue weighted by Gasteiger charge is 2.40. The van der Waals surface area contributed by atoms with Gasteiger partial charge in [0, 0.05) is 36.9 Å². The number of hydrogen-bond donors (Lipinski definition) is 2. The van der Waals surface area contributed by atoms with Crippen LogP contribution in [0.15, 0.2) is 60.9 Å². The number of thiocarbonyl (C=S) groups is 1. The molecule has 2 atom stereocenters. The number of nitrogens with one attached hydrogen (secondary N) is 1. The molecule has 0 bridgehead atoms. The Morgan fingerprint density at radius 3 is 2.79 bits per heavy atom. The highest BCUT2D eigenvalue weighted by Crippen LogP contribution is 2.39. The van der Waals surface area contributed by atoms with Crippen molar-refractivity contribution in [2.24, 2.45) is 0 Å². The van der Waals surface area contributed by atoms with Crippen molar-refractivity contribution in [2.75, 3.05) is 13.2 Å². The lowest BCUT2D eigenvalue weighted by atomic mass is 10.0. The Bertz CT molecular complexity index is 1010. The Kier molecular flexibility index (Phi) is 5.80. The van der Waals surface area contributed by atoms with Gasteiger partial charge in [-0.15, -0.1) is 0 Å². The molecule has 1 aromatic carbocycles. The quantitative estimate of drug-likeness (QED) is 0.578. The zero-order chi connectivity index (χ0) is 20.4. The van der Waals surface area contributed by atoms with Crippen molar-refractivity contribution < 1.29 is 9.50 Å². The number of aromatic nitrogens is 2. The van der Waals surface area contributed by atoms with Gasteiger partial charge >= 0.3 is 0 Å². The maximum absolute atomic E-state index is 13.7. The second-order valence-corrected chi connectivity index (χ2v) is 7.59. The fraction of sp³-hybridized carbons (Fsp3) is 0.238. The van der Waals surface area contributed by atoms with Crippen molar-refractivity contribution in [1.29, 1.82) is 0 Å². The highest BCUT2D eigenvalue weighted by atomic mass is 35.5. The van der Waals surface area contributed by atoms with E-state index in [9.17, 15) is 9.50 Å². The summed E-state index contributed by atoms with van der Waals surface area (Å²) in [4.78, 5) is 6.59. The topological polar surface area (TPSA) is 53.3 Å². The number of benzene rings is 1. The molecule has 0 radical (unpaired) electrons. The van der Waals surface area contributed by atoms with E-state index in [1.807, 2.05) is 41.1 Å². The van der Waals surface area contributed by atoms with Crippen LogP contribution in [0, 0.1) is 5.82 Å². The summed E-state index contributed by atoms with van der Waals surface area (Å²) in [5, 5.41) is 13.4. The molecule has 3 aromatic rings. The Hall–Kier alpha value is -2.48. The standard InChI is InChI=1S/C21H20ClFN4OS/c22-15-13-14(7-8-16(15)23)26-10-3-6-18(26)20-19(17-5-1-2-9-24-17)25-21(29)27(20)11-4-12-28/h1-3,5-10,13,19-20,28H,4,11-12H2,(H,25,29). The molecule has 150 valence electrons. The van der Waals surface area contributed by atoms with Crippen molar-refractivity contribution in [3.05, 3.63) is 83.2 Å². The molecule has 8 heteroatoms. The molecule has 1 aliphatic rings. The van der Waals surface area contributed by atoms with E-state index in [1.54, 1.807) is 18.3 Å². The summed E-state index contributed by atoms with van der Waals surface area (Å²) in [7, 11) is 0. The fourth-order valence-corrected chi connectivity index (χ4v) is 4.22. The Morgan fingerprint density at radius 2 is 2.07 bits per heavy atom. The third kappa shape index (κ3) is 3.85. The van der Waals surface area contributed by atoms with E-state index in [4.69, 9.17) is 23.8 Å². The zero-order valence-corrected chi connectivity index (χ0v) is 17.1. The monoisotopic (exact) mass is 430 g/mol. The van der Waals surface area contributed by atoms with Gasteiger partial charge in [0.05, 0.1) is 22.8 Å². The number of halogens is 2. The van der Waals surface area contributed by atoms with Gasteiger partial charge < -0.3 is 19.9 Å². The second kappa shape index (κ2) is 8.49. The van der Waals surface area contributed by atoms with E-state index in [0.29, 0.717) is 18.1 Å². The minimum Gasteiger partial charge on any atom is -0.396 e. The van der Waals surface area contributed by atoms with Crippen LogP contribution < -0.4 is 5.32 Å². The van der Waals surface area contributed by atoms with E-state index >= 15 is 0 Å². The lowest BCUT2D eigenvalue weighted by molar-refractivity contribution is 0.245. The molecule has 5 nitrogen and oxygen atoms in total. The van der Waals surface area contributed by atoms with Crippen molar-refractivity contribution in [3.63, 3.8) is 0 Å². The Labute approximate surface area is 178 Å². The molecule has 0 spiro atoms. The molecule has 1 fully saturated rings. The summed E-state index contributed by atoms with van der Waals surface area (Å²) in [5.74, 6) is -0.455. The minimum atomic E-state index is -0.455. The Balaban J connectivity index is 1.79. The van der Waals surface area contributed by atoms with Crippen molar-refractivity contribution >= 4 is 28.9 Å². The van der Waals surface area contributed by atoms with Crippen LogP contribution in [0.5, 0.6) is 0 Å². The van der Waals surface area contributed by atoms with E-state index in [-0.39, 0.29) is 23.7 Å². The molecule has 0 aliphatic carbocycles. The summed E-state index contributed by atoms with van der Waals surface area (Å²) in [6, 6.07) is 14.1. The molecule has 4 rings (SSSR count). The van der Waals surface area contributed by atoms with Gasteiger partial charge in [0.15, 0.2) is 5.11 Å². The number of aliphatic hydroxyl groups excluding tert-OH is 1. The molecule has 2 unspecified atom stereocenters. The average Bonchev–Trinajstić information content (AvgIpc) is 3.33. The highest BCUT2D eigenvalue weighted by molar-refractivity contribution is 7.80. The summed E-state index contributed by atoms with van der Waals surface area (Å²) in [6.45, 7) is 0.681. The number of hydrogen-bond acceptors (Lipinski definition) is 3. The minimum absolute atomic E-state index is 0.0700. The molecule has 29 heavy (non-hydrogen) atoms. The van der Waals surface area contributed by atoms with Gasteiger partial charge in [-0.25, -0.2) is 4.39 Å². The molecule has 1 aliphatic heterocycles. The van der Waals surface area contributed by atoms with E-state index in [0.717, 1.165) is 17.1 Å². The molecule has 0 saturated carbocycles. The van der Waals surface area contributed by atoms with Crippen LogP contribution >= 0.6 is 23.8 Å². The summed E-state index contributed by atoms with van der Waals surface area (Å²) in [5.41, 5.74) is 2.60. The first-order chi connectivity index (χ1) is 14.1. The van der Waals surface area contributed by atoms with Gasteiger partial charge in [0.1, 0.15) is 5.82 Å². The summed E-state index contributed by atoms with van der Waals surface area (Å²) in [6.07, 6.45) is 4.27. The largest absolute Gasteiger partial charge is 0.396 e. The van der Waals surface area contributed by atoms with Gasteiger partial charge in [-0.3, -0.25) is 4.98 Å². The molecular formula is C21H20ClFN4OS. The maximum Gasteiger partial charge on any atom is 0.170 e. The van der Waals surface area contributed by atoms with Gasteiger partial charge in [-0.05, 0) is 61.1 Å². The van der Waals surface area contributed by atoms with Crippen LogP contribution in [-0.4, -0.2) is 37.8 Å². The van der Waals surface area contributed by atoms with Crippen LogP contribution in [-0.2, 0) is 0 Å². The van der Waals surface area contributed by atoms with Gasteiger partial charge in [-0.1, -0.05) is 17.7 Å². The first-order valence-corrected chi connectivity index (χ1v) is 10.1. The van der Waals surface area contributed by atoms with Crippen molar-refractivity contribution in [2.45, 2.75) is 18.5 Å². The summed E-state index contributed by atoms with van der Waals surface area (Å²) < 4.78 is 15.6. The van der Waals surface area contributed by atoms with Crippen molar-refractivity contribution in [1.82, 2.24) is 19.8 Å². The second-order valence-electron chi connectivity index (χ2n) is 6.80. The first kappa shape index (κ1) is 19.8. The Morgan fingerprint density at radius 1 is 1.21 bits per heavy atom. The van der Waals surface area contributed by atoms with Gasteiger partial charge in [0.2, 0.25) is 0 Å². The van der Waals surface area contributed by atoms with Crippen LogP contribution in [0.3, 0.4) is 0 Å². The van der Waals surface area contributed by atoms with Crippen LogP contribution in [0.4, 0.5) is 4.39 Å². The van der Waals surface area contributed by atoms with Crippen LogP contribution in [0.1, 0.15) is 29.9 Å². The lowest BCUT2D eigenvalue weighted by Crippen LogP contribution is -2.31. The van der Waals surface area contributed by atoms with E-state index in [1.165, 1.54) is 6.07 Å². The summed E-state index contributed by atoms with van der Waals surface area (Å²) >= 11 is 11.6. The molecule has 3 heterocycles. The molecule has 2 aromatic heterocycles. The normalized spacial score (nSPS) is 18.9. The molecule has 0 amide bonds. The SMILES string of the molecule is OCCCN1C(=S)NC(c2ccccn2)C1c1cccn1-c1ccc(F)c(Cl)c1. The van der Waals surface area contributed by atoms with Crippen molar-refractivity contribution in [3.8, 4) is 5.69 Å². The van der Waals surface area contributed by atoms with E-state index < -0.39 is 5.82 Å². The third-order valence-electron chi connectivity index (χ3n) is 5.02. The lowest BCUT2D eigenvalue weighted by Gasteiger charge is -2.28. The zero-order valence-electron chi connectivity index (χ0n) is 15.5. The average molecular weight is 431 g/mol. The predicted octanol–water partition coefficient (Wildman–Crippen LogP) is 4.02. The molecule has 1 saturated heterocycles. The van der Waals surface area contributed by atoms with Gasteiger partial charge in [-0.2, -0.15) is 0 Å². The number of pyridine rings is 1.